The number of ether oxygens (including phenoxy) is 1. The van der Waals surface area contributed by atoms with Gasteiger partial charge in [-0.3, -0.25) is 0 Å². The van der Waals surface area contributed by atoms with Crippen LogP contribution in [0.2, 0.25) is 0 Å². The third-order valence-electron chi connectivity index (χ3n) is 5.39. The number of halogens is 6. The van der Waals surface area contributed by atoms with E-state index in [1.807, 2.05) is 0 Å². The van der Waals surface area contributed by atoms with Gasteiger partial charge in [0.05, 0.1) is 17.1 Å². The quantitative estimate of drug-likeness (QED) is 0.380. The summed E-state index contributed by atoms with van der Waals surface area (Å²) < 4.78 is 85.8. The van der Waals surface area contributed by atoms with E-state index in [2.05, 4.69) is 6.92 Å². The predicted molar refractivity (Wildman–Crippen MR) is 102 cm³/mol. The van der Waals surface area contributed by atoms with Crippen molar-refractivity contribution >= 4 is 10.8 Å². The molecule has 0 N–H and O–H groups in total. The molecule has 2 aromatic rings. The standard InChI is InChI=1S/C23H22F6O/c1-2-3-14-4-6-17(30-13-14)7-5-15-10-16-12-19(24)18(8-9-23(27,28)29)22(26)21(16)20(25)11-15/h10-12,14,17H,2-7,13H2,1H3. The van der Waals surface area contributed by atoms with Gasteiger partial charge in [-0.05, 0) is 61.1 Å². The number of hydrogen-bond acceptors (Lipinski definition) is 1. The zero-order chi connectivity index (χ0) is 21.9. The molecule has 0 bridgehead atoms. The molecule has 0 aromatic heterocycles. The molecule has 1 aliphatic heterocycles. The molecule has 1 aliphatic rings. The molecule has 0 amide bonds. The molecule has 2 unspecified atom stereocenters. The normalized spacial score (nSPS) is 19.6. The third-order valence-corrected chi connectivity index (χ3v) is 5.39. The summed E-state index contributed by atoms with van der Waals surface area (Å²) in [5, 5.41) is -0.618. The second-order valence-corrected chi connectivity index (χ2v) is 7.70. The lowest BCUT2D eigenvalue weighted by Gasteiger charge is -2.29. The molecule has 0 radical (unpaired) electrons. The van der Waals surface area contributed by atoms with Crippen LogP contribution >= 0.6 is 0 Å². The zero-order valence-electron chi connectivity index (χ0n) is 16.5. The molecule has 1 saturated heterocycles. The van der Waals surface area contributed by atoms with Crippen LogP contribution in [0.3, 0.4) is 0 Å². The Kier molecular flexibility index (Phi) is 6.97. The minimum atomic E-state index is -4.91. The molecule has 2 aromatic carbocycles. The molecule has 0 spiro atoms. The highest BCUT2D eigenvalue weighted by Gasteiger charge is 2.25. The lowest BCUT2D eigenvalue weighted by Crippen LogP contribution is -2.26. The first-order valence-corrected chi connectivity index (χ1v) is 9.99. The average Bonchev–Trinajstić information content (AvgIpc) is 2.66. The molecule has 162 valence electrons. The minimum Gasteiger partial charge on any atom is -0.378 e. The first kappa shape index (κ1) is 22.5. The molecule has 30 heavy (non-hydrogen) atoms. The van der Waals surface area contributed by atoms with Gasteiger partial charge in [-0.1, -0.05) is 25.3 Å². The van der Waals surface area contributed by atoms with Crippen LogP contribution in [0.15, 0.2) is 18.2 Å². The van der Waals surface area contributed by atoms with E-state index in [9.17, 15) is 26.3 Å². The summed E-state index contributed by atoms with van der Waals surface area (Å²) in [5.74, 6) is -0.824. The van der Waals surface area contributed by atoms with Gasteiger partial charge in [-0.2, -0.15) is 13.2 Å². The zero-order valence-corrected chi connectivity index (χ0v) is 16.5. The van der Waals surface area contributed by atoms with Gasteiger partial charge >= 0.3 is 6.18 Å². The highest BCUT2D eigenvalue weighted by Crippen LogP contribution is 2.30. The van der Waals surface area contributed by atoms with Gasteiger partial charge in [-0.25, -0.2) is 13.2 Å². The van der Waals surface area contributed by atoms with Crippen molar-refractivity contribution in [2.45, 2.75) is 57.7 Å². The maximum absolute atomic E-state index is 14.5. The van der Waals surface area contributed by atoms with Gasteiger partial charge in [0.2, 0.25) is 0 Å². The molecule has 1 fully saturated rings. The van der Waals surface area contributed by atoms with Crippen LogP contribution in [0, 0.1) is 35.2 Å². The Morgan fingerprint density at radius 2 is 1.80 bits per heavy atom. The van der Waals surface area contributed by atoms with Crippen molar-refractivity contribution in [2.24, 2.45) is 5.92 Å². The molecule has 0 saturated carbocycles. The van der Waals surface area contributed by atoms with Crippen LogP contribution in [0.5, 0.6) is 0 Å². The minimum absolute atomic E-state index is 0.0508. The Morgan fingerprint density at radius 3 is 2.43 bits per heavy atom. The van der Waals surface area contributed by atoms with Crippen LogP contribution < -0.4 is 0 Å². The maximum Gasteiger partial charge on any atom is 0.458 e. The van der Waals surface area contributed by atoms with Gasteiger partial charge in [-0.15, -0.1) is 0 Å². The summed E-state index contributed by atoms with van der Waals surface area (Å²) in [4.78, 5) is 0. The summed E-state index contributed by atoms with van der Waals surface area (Å²) in [7, 11) is 0. The summed E-state index contributed by atoms with van der Waals surface area (Å²) in [5.41, 5.74) is -0.545. The van der Waals surface area contributed by atoms with Crippen molar-refractivity contribution < 1.29 is 31.1 Å². The van der Waals surface area contributed by atoms with Crippen LogP contribution in [0.25, 0.3) is 10.8 Å². The largest absolute Gasteiger partial charge is 0.458 e. The van der Waals surface area contributed by atoms with E-state index >= 15 is 0 Å². The van der Waals surface area contributed by atoms with Crippen molar-refractivity contribution in [2.75, 3.05) is 6.61 Å². The predicted octanol–water partition coefficient (Wildman–Crippen LogP) is 6.70. The topological polar surface area (TPSA) is 9.23 Å². The number of alkyl halides is 3. The van der Waals surface area contributed by atoms with E-state index in [-0.39, 0.29) is 11.5 Å². The fraction of sp³-hybridized carbons (Fsp3) is 0.478. The Morgan fingerprint density at radius 1 is 1.03 bits per heavy atom. The first-order valence-electron chi connectivity index (χ1n) is 9.99. The van der Waals surface area contributed by atoms with Crippen LogP contribution in [0.4, 0.5) is 26.3 Å². The first-order chi connectivity index (χ1) is 14.2. The summed E-state index contributed by atoms with van der Waals surface area (Å²) in [6.07, 6.45) is 0.534. The molecule has 0 aliphatic carbocycles. The monoisotopic (exact) mass is 428 g/mol. The average molecular weight is 428 g/mol. The van der Waals surface area contributed by atoms with Gasteiger partial charge in [0, 0.05) is 12.5 Å². The van der Waals surface area contributed by atoms with E-state index in [1.165, 1.54) is 12.0 Å². The van der Waals surface area contributed by atoms with E-state index < -0.39 is 34.6 Å². The van der Waals surface area contributed by atoms with Gasteiger partial charge in [0.1, 0.15) is 11.6 Å². The van der Waals surface area contributed by atoms with Crippen molar-refractivity contribution in [3.8, 4) is 11.8 Å². The summed E-state index contributed by atoms with van der Waals surface area (Å²) in [6, 6.07) is 3.40. The Balaban J connectivity index is 1.78. The van der Waals surface area contributed by atoms with Crippen LogP contribution in [-0.4, -0.2) is 18.9 Å². The van der Waals surface area contributed by atoms with E-state index in [0.717, 1.165) is 43.7 Å². The lowest BCUT2D eigenvalue weighted by molar-refractivity contribution is -0.0696. The number of aryl methyl sites for hydroxylation is 1. The highest BCUT2D eigenvalue weighted by molar-refractivity contribution is 5.86. The van der Waals surface area contributed by atoms with Crippen LogP contribution in [0.1, 0.15) is 50.2 Å². The van der Waals surface area contributed by atoms with Crippen molar-refractivity contribution in [3.63, 3.8) is 0 Å². The lowest BCUT2D eigenvalue weighted by atomic mass is 9.92. The Hall–Kier alpha value is -2.20. The van der Waals surface area contributed by atoms with E-state index in [0.29, 0.717) is 30.9 Å². The maximum atomic E-state index is 14.5. The van der Waals surface area contributed by atoms with Gasteiger partial charge in [0.25, 0.3) is 0 Å². The highest BCUT2D eigenvalue weighted by atomic mass is 19.4. The molecular formula is C23H22F6O. The number of hydrogen-bond donors (Lipinski definition) is 0. The molecule has 7 heteroatoms. The number of benzene rings is 2. The fourth-order valence-electron chi connectivity index (χ4n) is 3.91. The SMILES string of the molecule is CCCC1CCC(CCc2cc(F)c3c(F)c(C#CC(F)(F)F)c(F)cc3c2)OC1. The van der Waals surface area contributed by atoms with E-state index in [4.69, 9.17) is 4.74 Å². The summed E-state index contributed by atoms with van der Waals surface area (Å²) >= 11 is 0. The van der Waals surface area contributed by atoms with Gasteiger partial charge in [0.15, 0.2) is 5.82 Å². The Labute approximate surface area is 171 Å². The fourth-order valence-corrected chi connectivity index (χ4v) is 3.91. The molecule has 3 rings (SSSR count). The summed E-state index contributed by atoms with van der Waals surface area (Å²) in [6.45, 7) is 2.85. The number of rotatable bonds is 5. The second kappa shape index (κ2) is 9.30. The van der Waals surface area contributed by atoms with Gasteiger partial charge < -0.3 is 4.74 Å². The number of fused-ring (bicyclic) bond motifs is 1. The molecular weight excluding hydrogens is 406 g/mol. The molecule has 1 nitrogen and oxygen atoms in total. The smallest absolute Gasteiger partial charge is 0.378 e. The van der Waals surface area contributed by atoms with E-state index in [1.54, 1.807) is 0 Å². The Bertz CT molecular complexity index is 962. The van der Waals surface area contributed by atoms with Crippen molar-refractivity contribution in [1.29, 1.82) is 0 Å². The van der Waals surface area contributed by atoms with Crippen LogP contribution in [-0.2, 0) is 11.2 Å². The van der Waals surface area contributed by atoms with Crippen molar-refractivity contribution in [1.82, 2.24) is 0 Å². The molecule has 2 atom stereocenters. The molecule has 1 heterocycles. The second-order valence-electron chi connectivity index (χ2n) is 7.70. The third kappa shape index (κ3) is 5.48. The van der Waals surface area contributed by atoms with Crippen molar-refractivity contribution in [3.05, 3.63) is 46.8 Å².